The molecule has 4 nitrogen and oxygen atoms in total. The predicted octanol–water partition coefficient (Wildman–Crippen LogP) is 2.30. The number of aromatic nitrogens is 1. The molecule has 0 aliphatic heterocycles. The van der Waals surface area contributed by atoms with Crippen LogP contribution in [0.25, 0.3) is 0 Å². The van der Waals surface area contributed by atoms with E-state index in [0.717, 1.165) is 0 Å². The lowest BCUT2D eigenvalue weighted by atomic mass is 9.93. The van der Waals surface area contributed by atoms with Crippen molar-refractivity contribution in [3.63, 3.8) is 0 Å². The number of nitrogens with zero attached hydrogens (tertiary/aromatic N) is 1. The van der Waals surface area contributed by atoms with E-state index in [2.05, 4.69) is 4.98 Å². The molecule has 1 aromatic rings. The third-order valence-electron chi connectivity index (χ3n) is 2.35. The quantitative estimate of drug-likeness (QED) is 0.832. The van der Waals surface area contributed by atoms with Crippen LogP contribution in [0.3, 0.4) is 0 Å². The Labute approximate surface area is 95.3 Å². The highest BCUT2D eigenvalue weighted by atomic mass is 16.5. The average molecular weight is 223 g/mol. The Morgan fingerprint density at radius 2 is 2.25 bits per heavy atom. The van der Waals surface area contributed by atoms with E-state index in [1.807, 2.05) is 13.8 Å². The molecule has 1 aromatic heterocycles. The van der Waals surface area contributed by atoms with Gasteiger partial charge in [-0.05, 0) is 24.5 Å². The van der Waals surface area contributed by atoms with Crippen LogP contribution in [-0.2, 0) is 4.79 Å². The molecule has 0 aromatic carbocycles. The summed E-state index contributed by atoms with van der Waals surface area (Å²) in [7, 11) is 1.52. The van der Waals surface area contributed by atoms with Crippen LogP contribution in [0.5, 0.6) is 5.75 Å². The van der Waals surface area contributed by atoms with Gasteiger partial charge in [-0.2, -0.15) is 0 Å². The van der Waals surface area contributed by atoms with Gasteiger partial charge in [0.25, 0.3) is 0 Å². The first-order chi connectivity index (χ1) is 7.56. The van der Waals surface area contributed by atoms with E-state index in [0.29, 0.717) is 23.8 Å². The van der Waals surface area contributed by atoms with Crippen LogP contribution >= 0.6 is 0 Å². The van der Waals surface area contributed by atoms with Gasteiger partial charge in [-0.15, -0.1) is 0 Å². The Balaban J connectivity index is 3.05. The van der Waals surface area contributed by atoms with Crippen LogP contribution in [0.4, 0.5) is 0 Å². The summed E-state index contributed by atoms with van der Waals surface area (Å²) < 4.78 is 5.13. The molecule has 0 aliphatic rings. The highest BCUT2D eigenvalue weighted by Gasteiger charge is 2.25. The Morgan fingerprint density at radius 1 is 1.56 bits per heavy atom. The predicted molar refractivity (Wildman–Crippen MR) is 60.6 cm³/mol. The lowest BCUT2D eigenvalue weighted by molar-refractivity contribution is -0.139. The number of hydrogen-bond donors (Lipinski definition) is 1. The normalized spacial score (nSPS) is 12.5. The molecule has 0 saturated heterocycles. The summed E-state index contributed by atoms with van der Waals surface area (Å²) in [5.41, 5.74) is 0.506. The lowest BCUT2D eigenvalue weighted by Crippen LogP contribution is -2.16. The van der Waals surface area contributed by atoms with Crippen molar-refractivity contribution in [3.8, 4) is 5.75 Å². The van der Waals surface area contributed by atoms with Gasteiger partial charge in [0.2, 0.25) is 0 Å². The molecule has 1 rings (SSSR count). The van der Waals surface area contributed by atoms with Crippen LogP contribution in [0.15, 0.2) is 18.3 Å². The zero-order chi connectivity index (χ0) is 12.1. The maximum absolute atomic E-state index is 11.2. The monoisotopic (exact) mass is 223 g/mol. The van der Waals surface area contributed by atoms with E-state index in [1.165, 1.54) is 7.11 Å². The van der Waals surface area contributed by atoms with Gasteiger partial charge in [0.15, 0.2) is 0 Å². The van der Waals surface area contributed by atoms with Crippen LogP contribution in [-0.4, -0.2) is 23.2 Å². The van der Waals surface area contributed by atoms with Crippen molar-refractivity contribution < 1.29 is 14.6 Å². The first kappa shape index (κ1) is 12.5. The van der Waals surface area contributed by atoms with Crippen molar-refractivity contribution in [2.45, 2.75) is 26.2 Å². The van der Waals surface area contributed by atoms with Crippen molar-refractivity contribution in [1.29, 1.82) is 0 Å². The standard InChI is InChI=1S/C12H17NO3/c1-8(2)7-9(12(14)15)11-10(16-3)5-4-6-13-11/h4-6,8-9H,7H2,1-3H3,(H,14,15). The van der Waals surface area contributed by atoms with E-state index >= 15 is 0 Å². The number of ether oxygens (including phenoxy) is 1. The summed E-state index contributed by atoms with van der Waals surface area (Å²) in [4.78, 5) is 15.3. The molecule has 0 spiro atoms. The number of rotatable bonds is 5. The van der Waals surface area contributed by atoms with Crippen LogP contribution in [0, 0.1) is 5.92 Å². The van der Waals surface area contributed by atoms with Gasteiger partial charge in [0, 0.05) is 6.20 Å². The van der Waals surface area contributed by atoms with Crippen LogP contribution in [0.2, 0.25) is 0 Å². The van der Waals surface area contributed by atoms with E-state index in [-0.39, 0.29) is 0 Å². The molecule has 4 heteroatoms. The maximum atomic E-state index is 11.2. The molecule has 0 saturated carbocycles. The molecule has 1 N–H and O–H groups in total. The van der Waals surface area contributed by atoms with Crippen molar-refractivity contribution in [1.82, 2.24) is 4.98 Å². The van der Waals surface area contributed by atoms with Crippen molar-refractivity contribution in [3.05, 3.63) is 24.0 Å². The smallest absolute Gasteiger partial charge is 0.312 e. The molecule has 0 bridgehead atoms. The number of pyridine rings is 1. The fourth-order valence-electron chi connectivity index (χ4n) is 1.64. The van der Waals surface area contributed by atoms with Crippen LogP contribution < -0.4 is 4.74 Å². The number of carboxylic acids is 1. The Morgan fingerprint density at radius 3 is 2.75 bits per heavy atom. The number of aliphatic carboxylic acids is 1. The van der Waals surface area contributed by atoms with Crippen molar-refractivity contribution in [2.24, 2.45) is 5.92 Å². The molecule has 16 heavy (non-hydrogen) atoms. The Hall–Kier alpha value is -1.58. The van der Waals surface area contributed by atoms with E-state index in [1.54, 1.807) is 18.3 Å². The summed E-state index contributed by atoms with van der Waals surface area (Å²) in [5, 5.41) is 9.20. The fourth-order valence-corrected chi connectivity index (χ4v) is 1.64. The number of carbonyl (C=O) groups is 1. The summed E-state index contributed by atoms with van der Waals surface area (Å²) in [6.07, 6.45) is 2.15. The fraction of sp³-hybridized carbons (Fsp3) is 0.500. The van der Waals surface area contributed by atoms with Gasteiger partial charge >= 0.3 is 5.97 Å². The van der Waals surface area contributed by atoms with Gasteiger partial charge in [-0.25, -0.2) is 0 Å². The summed E-state index contributed by atoms with van der Waals surface area (Å²) >= 11 is 0. The second kappa shape index (κ2) is 5.49. The van der Waals surface area contributed by atoms with Gasteiger partial charge in [0.05, 0.1) is 12.8 Å². The third kappa shape index (κ3) is 2.95. The average Bonchev–Trinajstić information content (AvgIpc) is 2.25. The SMILES string of the molecule is COc1cccnc1C(CC(C)C)C(=O)O. The van der Waals surface area contributed by atoms with Crippen molar-refractivity contribution in [2.75, 3.05) is 7.11 Å². The molecule has 0 amide bonds. The number of hydrogen-bond acceptors (Lipinski definition) is 3. The van der Waals surface area contributed by atoms with E-state index in [9.17, 15) is 9.90 Å². The molecule has 0 fully saturated rings. The minimum Gasteiger partial charge on any atom is -0.495 e. The second-order valence-electron chi connectivity index (χ2n) is 4.11. The summed E-state index contributed by atoms with van der Waals surface area (Å²) in [6.45, 7) is 3.98. The lowest BCUT2D eigenvalue weighted by Gasteiger charge is -2.16. The van der Waals surface area contributed by atoms with Gasteiger partial charge in [-0.1, -0.05) is 13.8 Å². The maximum Gasteiger partial charge on any atom is 0.312 e. The molecule has 0 aliphatic carbocycles. The largest absolute Gasteiger partial charge is 0.495 e. The summed E-state index contributed by atoms with van der Waals surface area (Å²) in [5.74, 6) is -0.620. The molecule has 0 radical (unpaired) electrons. The van der Waals surface area contributed by atoms with E-state index in [4.69, 9.17) is 4.74 Å². The molecular weight excluding hydrogens is 206 g/mol. The minimum atomic E-state index is -0.856. The minimum absolute atomic E-state index is 0.299. The zero-order valence-electron chi connectivity index (χ0n) is 9.80. The molecule has 88 valence electrons. The highest BCUT2D eigenvalue weighted by Crippen LogP contribution is 2.29. The van der Waals surface area contributed by atoms with Gasteiger partial charge in [0.1, 0.15) is 11.7 Å². The Kier molecular flexibility index (Phi) is 4.28. The molecule has 1 atom stereocenters. The number of carboxylic acid groups (broad SMARTS) is 1. The van der Waals surface area contributed by atoms with Gasteiger partial charge < -0.3 is 9.84 Å². The first-order valence-corrected chi connectivity index (χ1v) is 5.28. The summed E-state index contributed by atoms with van der Waals surface area (Å²) in [6, 6.07) is 3.47. The van der Waals surface area contributed by atoms with Crippen molar-refractivity contribution >= 4 is 5.97 Å². The highest BCUT2D eigenvalue weighted by molar-refractivity contribution is 5.76. The third-order valence-corrected chi connectivity index (χ3v) is 2.35. The second-order valence-corrected chi connectivity index (χ2v) is 4.11. The molecule has 1 unspecified atom stereocenters. The Bertz CT molecular complexity index is 363. The number of methoxy groups -OCH3 is 1. The van der Waals surface area contributed by atoms with E-state index < -0.39 is 11.9 Å². The molecular formula is C12H17NO3. The topological polar surface area (TPSA) is 59.4 Å². The zero-order valence-corrected chi connectivity index (χ0v) is 9.80. The van der Waals surface area contributed by atoms with Crippen LogP contribution in [0.1, 0.15) is 31.9 Å². The van der Waals surface area contributed by atoms with Gasteiger partial charge in [-0.3, -0.25) is 9.78 Å². The molecule has 1 heterocycles. The first-order valence-electron chi connectivity index (χ1n) is 5.28.